The van der Waals surface area contributed by atoms with Crippen molar-refractivity contribution in [1.82, 2.24) is 20.4 Å². The molecule has 2 heterocycles. The third kappa shape index (κ3) is 4.98. The summed E-state index contributed by atoms with van der Waals surface area (Å²) in [6, 6.07) is 0.840. The molecule has 2 amide bonds. The minimum atomic E-state index is -0.774. The van der Waals surface area contributed by atoms with Crippen LogP contribution < -0.4 is 10.6 Å². The number of nitrogens with zero attached hydrogens (tertiary/aromatic N) is 2. The van der Waals surface area contributed by atoms with E-state index in [4.69, 9.17) is 0 Å². The number of likely N-dealkylation sites (N-methyl/N-ethyl adjacent to an activating group) is 1. The first-order valence-electron chi connectivity index (χ1n) is 13.0. The zero-order valence-electron chi connectivity index (χ0n) is 20.4. The highest BCUT2D eigenvalue weighted by Gasteiger charge is 2.46. The molecule has 0 bridgehead atoms. The van der Waals surface area contributed by atoms with Gasteiger partial charge in [0, 0.05) is 56.1 Å². The van der Waals surface area contributed by atoms with E-state index in [1.165, 1.54) is 0 Å². The minimum absolute atomic E-state index is 0.0133. The number of rotatable bonds is 5. The van der Waals surface area contributed by atoms with Gasteiger partial charge in [-0.3, -0.25) is 14.5 Å². The molecule has 4 aliphatic rings. The van der Waals surface area contributed by atoms with Crippen LogP contribution in [0.2, 0.25) is 0 Å². The van der Waals surface area contributed by atoms with Gasteiger partial charge >= 0.3 is 0 Å². The number of likely N-dealkylation sites (tertiary alicyclic amines) is 1. The number of hydrogen-bond donors (Lipinski definition) is 2. The van der Waals surface area contributed by atoms with Gasteiger partial charge in [-0.2, -0.15) is 0 Å². The Hall–Kier alpha value is -1.21. The number of carbonyl (C=O) groups excluding carboxylic acids is 2. The van der Waals surface area contributed by atoms with Crippen molar-refractivity contribution in [3.05, 3.63) is 0 Å². The molecule has 0 spiro atoms. The van der Waals surface area contributed by atoms with Crippen LogP contribution in [0.1, 0.15) is 72.1 Å². The predicted molar refractivity (Wildman–Crippen MR) is 124 cm³/mol. The Morgan fingerprint density at radius 3 is 2.62 bits per heavy atom. The molecule has 2 saturated carbocycles. The smallest absolute Gasteiger partial charge is 0.237 e. The van der Waals surface area contributed by atoms with Crippen LogP contribution in [0.15, 0.2) is 0 Å². The molecule has 2 N–H and O–H groups in total. The number of amides is 2. The summed E-state index contributed by atoms with van der Waals surface area (Å²) in [5.74, 6) is 0.742. The van der Waals surface area contributed by atoms with E-state index in [9.17, 15) is 14.0 Å². The molecule has 0 aromatic carbocycles. The zero-order chi connectivity index (χ0) is 23.0. The molecule has 4 fully saturated rings. The third-order valence-corrected chi connectivity index (χ3v) is 8.75. The molecule has 0 aromatic heterocycles. The Balaban J connectivity index is 1.27. The van der Waals surface area contributed by atoms with Crippen molar-refractivity contribution in [3.8, 4) is 0 Å². The molecule has 32 heavy (non-hydrogen) atoms. The fourth-order valence-electron chi connectivity index (χ4n) is 6.73. The van der Waals surface area contributed by atoms with Crippen LogP contribution in [0.25, 0.3) is 0 Å². The maximum Gasteiger partial charge on any atom is 0.237 e. The van der Waals surface area contributed by atoms with Gasteiger partial charge in [-0.05, 0) is 57.3 Å². The standard InChI is InChI=1S/C25H43FN4O2/c1-15(2)25(32)29(4)19-10-11-30(14-19)18-7-5-6-17(12-18)27-24(31)22-13-20-21(26)9-8-16(3)23(20)28-22/h15-23,28H,5-14H2,1-4H3,(H,27,31)/t16?,17-,18-,19?,20?,21?,22?,23?/m1/s1. The number of alkyl halides is 1. The van der Waals surface area contributed by atoms with E-state index in [1.807, 2.05) is 25.8 Å². The van der Waals surface area contributed by atoms with E-state index < -0.39 is 6.17 Å². The van der Waals surface area contributed by atoms with Crippen LogP contribution >= 0.6 is 0 Å². The lowest BCUT2D eigenvalue weighted by Gasteiger charge is -2.36. The lowest BCUT2D eigenvalue weighted by Crippen LogP contribution is -2.51. The fraction of sp³-hybridized carbons (Fsp3) is 0.920. The van der Waals surface area contributed by atoms with E-state index in [0.29, 0.717) is 30.8 Å². The Morgan fingerprint density at radius 2 is 1.91 bits per heavy atom. The zero-order valence-corrected chi connectivity index (χ0v) is 20.4. The molecule has 182 valence electrons. The summed E-state index contributed by atoms with van der Waals surface area (Å²) < 4.78 is 14.4. The van der Waals surface area contributed by atoms with Crippen LogP contribution in [0, 0.1) is 17.8 Å². The maximum absolute atomic E-state index is 14.4. The van der Waals surface area contributed by atoms with Gasteiger partial charge in [-0.15, -0.1) is 0 Å². The summed E-state index contributed by atoms with van der Waals surface area (Å²) in [6.45, 7) is 8.06. The first-order chi connectivity index (χ1) is 15.2. The highest BCUT2D eigenvalue weighted by Crippen LogP contribution is 2.38. The van der Waals surface area contributed by atoms with Gasteiger partial charge in [0.15, 0.2) is 0 Å². The summed E-state index contributed by atoms with van der Waals surface area (Å²) in [5, 5.41) is 6.77. The largest absolute Gasteiger partial charge is 0.352 e. The van der Waals surface area contributed by atoms with Crippen molar-refractivity contribution in [3.63, 3.8) is 0 Å². The van der Waals surface area contributed by atoms with E-state index in [0.717, 1.165) is 51.6 Å². The average molecular weight is 451 g/mol. The van der Waals surface area contributed by atoms with E-state index >= 15 is 0 Å². The first kappa shape index (κ1) is 23.9. The number of carbonyl (C=O) groups is 2. The summed E-state index contributed by atoms with van der Waals surface area (Å²) in [4.78, 5) is 29.9. The number of nitrogens with one attached hydrogen (secondary N) is 2. The molecule has 2 saturated heterocycles. The van der Waals surface area contributed by atoms with Gasteiger partial charge in [0.2, 0.25) is 11.8 Å². The Morgan fingerprint density at radius 1 is 1.12 bits per heavy atom. The van der Waals surface area contributed by atoms with Gasteiger partial charge < -0.3 is 15.5 Å². The summed E-state index contributed by atoms with van der Waals surface area (Å²) in [5.41, 5.74) is 0. The highest BCUT2D eigenvalue weighted by molar-refractivity contribution is 5.82. The van der Waals surface area contributed by atoms with Crippen LogP contribution in [0.3, 0.4) is 0 Å². The second kappa shape index (κ2) is 9.96. The van der Waals surface area contributed by atoms with Crippen molar-refractivity contribution >= 4 is 11.8 Å². The van der Waals surface area contributed by atoms with Gasteiger partial charge in [0.05, 0.1) is 6.04 Å². The van der Waals surface area contributed by atoms with Crippen LogP contribution in [-0.2, 0) is 9.59 Å². The lowest BCUT2D eigenvalue weighted by molar-refractivity contribution is -0.135. The molecule has 2 aliphatic carbocycles. The molecule has 7 heteroatoms. The van der Waals surface area contributed by atoms with E-state index in [1.54, 1.807) is 0 Å². The fourth-order valence-corrected chi connectivity index (χ4v) is 6.73. The van der Waals surface area contributed by atoms with Crippen molar-refractivity contribution in [2.75, 3.05) is 20.1 Å². The molecular formula is C25H43FN4O2. The SMILES string of the molecule is CC(C)C(=O)N(C)C1CCN([C@@H]2CCC[C@@H](NC(=O)C3CC4C(F)CCC(C)C4N3)C2)C1. The van der Waals surface area contributed by atoms with Crippen LogP contribution in [-0.4, -0.2) is 78.1 Å². The van der Waals surface area contributed by atoms with E-state index in [2.05, 4.69) is 22.5 Å². The van der Waals surface area contributed by atoms with Crippen LogP contribution in [0.4, 0.5) is 4.39 Å². The molecule has 0 aromatic rings. The number of fused-ring (bicyclic) bond motifs is 1. The summed E-state index contributed by atoms with van der Waals surface area (Å²) in [7, 11) is 1.94. The Kier molecular flexibility index (Phi) is 7.45. The number of hydrogen-bond acceptors (Lipinski definition) is 4. The van der Waals surface area contributed by atoms with E-state index in [-0.39, 0.29) is 41.8 Å². The first-order valence-corrected chi connectivity index (χ1v) is 13.0. The van der Waals surface area contributed by atoms with Crippen LogP contribution in [0.5, 0.6) is 0 Å². The molecule has 6 unspecified atom stereocenters. The van der Waals surface area contributed by atoms with Crippen molar-refractivity contribution in [2.24, 2.45) is 17.8 Å². The maximum atomic E-state index is 14.4. The minimum Gasteiger partial charge on any atom is -0.352 e. The molecular weight excluding hydrogens is 407 g/mol. The van der Waals surface area contributed by atoms with Crippen molar-refractivity contribution in [2.45, 2.75) is 109 Å². The molecule has 4 rings (SSSR count). The predicted octanol–water partition coefficient (Wildman–Crippen LogP) is 2.72. The third-order valence-electron chi connectivity index (χ3n) is 8.75. The molecule has 2 aliphatic heterocycles. The molecule has 6 nitrogen and oxygen atoms in total. The lowest BCUT2D eigenvalue weighted by atomic mass is 9.77. The molecule has 8 atom stereocenters. The van der Waals surface area contributed by atoms with Gasteiger partial charge in [0.1, 0.15) is 6.17 Å². The van der Waals surface area contributed by atoms with Gasteiger partial charge in [-0.25, -0.2) is 4.39 Å². The average Bonchev–Trinajstić information content (AvgIpc) is 3.44. The van der Waals surface area contributed by atoms with Crippen molar-refractivity contribution < 1.29 is 14.0 Å². The Bertz CT molecular complexity index is 671. The topological polar surface area (TPSA) is 64.7 Å². The monoisotopic (exact) mass is 450 g/mol. The highest BCUT2D eigenvalue weighted by atomic mass is 19.1. The van der Waals surface area contributed by atoms with Gasteiger partial charge in [-0.1, -0.05) is 20.8 Å². The van der Waals surface area contributed by atoms with Crippen molar-refractivity contribution in [1.29, 1.82) is 0 Å². The van der Waals surface area contributed by atoms with Gasteiger partial charge in [0.25, 0.3) is 0 Å². The quantitative estimate of drug-likeness (QED) is 0.676. The molecule has 0 radical (unpaired) electrons. The summed E-state index contributed by atoms with van der Waals surface area (Å²) in [6.07, 6.45) is 6.69. The summed E-state index contributed by atoms with van der Waals surface area (Å²) >= 11 is 0. The normalized spacial score (nSPS) is 40.3. The second-order valence-corrected chi connectivity index (χ2v) is 11.3. The second-order valence-electron chi connectivity index (χ2n) is 11.3. The Labute approximate surface area is 193 Å². The number of halogens is 1.